The predicted molar refractivity (Wildman–Crippen MR) is 81.1 cm³/mol. The summed E-state index contributed by atoms with van der Waals surface area (Å²) in [5, 5.41) is 11.4. The monoisotopic (exact) mass is 291 g/mol. The Balaban J connectivity index is 2.38. The highest BCUT2D eigenvalue weighted by Gasteiger charge is 2.09. The topological polar surface area (TPSA) is 75.6 Å². The van der Waals surface area contributed by atoms with Gasteiger partial charge in [0.2, 0.25) is 5.91 Å². The molecule has 1 atom stereocenters. The van der Waals surface area contributed by atoms with Gasteiger partial charge in [-0.15, -0.1) is 0 Å². The fourth-order valence-corrected chi connectivity index (χ4v) is 1.61. The third-order valence-corrected chi connectivity index (χ3v) is 2.92. The van der Waals surface area contributed by atoms with E-state index in [1.54, 1.807) is 13.0 Å². The van der Waals surface area contributed by atoms with Gasteiger partial charge in [-0.05, 0) is 37.1 Å². The Morgan fingerprint density at radius 3 is 2.57 bits per heavy atom. The average molecular weight is 291 g/mol. The molecular formula is C16H21NO4. The molecular weight excluding hydrogens is 270 g/mol. The van der Waals surface area contributed by atoms with Crippen LogP contribution in [0.2, 0.25) is 0 Å². The van der Waals surface area contributed by atoms with E-state index in [-0.39, 0.29) is 5.91 Å². The van der Waals surface area contributed by atoms with Gasteiger partial charge in [-0.1, -0.05) is 19.1 Å². The molecule has 1 aromatic rings. The summed E-state index contributed by atoms with van der Waals surface area (Å²) in [6.07, 6.45) is 3.55. The molecule has 2 N–H and O–H groups in total. The molecule has 0 fully saturated rings. The number of carboxylic acid groups (broad SMARTS) is 1. The zero-order valence-corrected chi connectivity index (χ0v) is 12.3. The van der Waals surface area contributed by atoms with Crippen LogP contribution in [0.15, 0.2) is 30.3 Å². The van der Waals surface area contributed by atoms with Crippen LogP contribution < -0.4 is 10.1 Å². The number of rotatable bonds is 8. The lowest BCUT2D eigenvalue weighted by atomic mass is 10.1. The van der Waals surface area contributed by atoms with Crippen LogP contribution in [0.1, 0.15) is 25.8 Å². The van der Waals surface area contributed by atoms with E-state index >= 15 is 0 Å². The highest BCUT2D eigenvalue weighted by Crippen LogP contribution is 2.12. The Hall–Kier alpha value is -2.30. The molecule has 1 rings (SSSR count). The van der Waals surface area contributed by atoms with Gasteiger partial charge in [-0.2, -0.15) is 0 Å². The van der Waals surface area contributed by atoms with Gasteiger partial charge in [0.1, 0.15) is 5.75 Å². The van der Waals surface area contributed by atoms with Gasteiger partial charge in [-0.3, -0.25) is 9.59 Å². The molecule has 5 heteroatoms. The standard InChI is InChI=1S/C16H21NO4/c1-3-21-14-7-4-13(5-8-14)6-9-15(18)17-11-10-12(2)16(19)20/h4-9,12H,3,10-11H2,1-2H3,(H,17,18)(H,19,20)/b9-6+. The van der Waals surface area contributed by atoms with Crippen LogP contribution in [0, 0.1) is 5.92 Å². The summed E-state index contributed by atoms with van der Waals surface area (Å²) in [6, 6.07) is 7.41. The average Bonchev–Trinajstić information content (AvgIpc) is 2.46. The number of hydrogen-bond acceptors (Lipinski definition) is 3. The molecule has 1 unspecified atom stereocenters. The largest absolute Gasteiger partial charge is 0.494 e. The van der Waals surface area contributed by atoms with Gasteiger partial charge in [0.05, 0.1) is 12.5 Å². The smallest absolute Gasteiger partial charge is 0.306 e. The molecule has 5 nitrogen and oxygen atoms in total. The third kappa shape index (κ3) is 6.61. The van der Waals surface area contributed by atoms with Crippen molar-refractivity contribution in [1.82, 2.24) is 5.32 Å². The first-order valence-electron chi connectivity index (χ1n) is 6.94. The zero-order chi connectivity index (χ0) is 15.7. The number of ether oxygens (including phenoxy) is 1. The van der Waals surface area contributed by atoms with Crippen molar-refractivity contribution in [2.75, 3.05) is 13.2 Å². The summed E-state index contributed by atoms with van der Waals surface area (Å²) in [6.45, 7) is 4.50. The van der Waals surface area contributed by atoms with E-state index in [1.807, 2.05) is 31.2 Å². The second-order valence-electron chi connectivity index (χ2n) is 4.65. The molecule has 0 spiro atoms. The van der Waals surface area contributed by atoms with Crippen molar-refractivity contribution in [3.8, 4) is 5.75 Å². The Bertz CT molecular complexity index is 494. The van der Waals surface area contributed by atoms with Crippen LogP contribution >= 0.6 is 0 Å². The van der Waals surface area contributed by atoms with Crippen LogP contribution in [0.3, 0.4) is 0 Å². The molecule has 0 heterocycles. The minimum Gasteiger partial charge on any atom is -0.494 e. The molecule has 0 saturated carbocycles. The van der Waals surface area contributed by atoms with E-state index in [2.05, 4.69) is 5.32 Å². The van der Waals surface area contributed by atoms with E-state index in [4.69, 9.17) is 9.84 Å². The van der Waals surface area contributed by atoms with Crippen LogP contribution in [-0.4, -0.2) is 30.1 Å². The Kier molecular flexibility index (Phi) is 7.01. The lowest BCUT2D eigenvalue weighted by molar-refractivity contribution is -0.141. The van der Waals surface area contributed by atoms with Crippen molar-refractivity contribution in [2.24, 2.45) is 5.92 Å². The van der Waals surface area contributed by atoms with E-state index in [1.165, 1.54) is 6.08 Å². The molecule has 0 aromatic heterocycles. The second kappa shape index (κ2) is 8.79. The van der Waals surface area contributed by atoms with Crippen molar-refractivity contribution >= 4 is 18.0 Å². The molecule has 114 valence electrons. The summed E-state index contributed by atoms with van der Waals surface area (Å²) in [5.74, 6) is -0.752. The van der Waals surface area contributed by atoms with E-state index < -0.39 is 11.9 Å². The second-order valence-corrected chi connectivity index (χ2v) is 4.65. The van der Waals surface area contributed by atoms with Crippen molar-refractivity contribution in [3.63, 3.8) is 0 Å². The predicted octanol–water partition coefficient (Wildman–Crippen LogP) is 2.33. The van der Waals surface area contributed by atoms with Crippen molar-refractivity contribution < 1.29 is 19.4 Å². The molecule has 1 amide bonds. The molecule has 0 aliphatic heterocycles. The fourth-order valence-electron chi connectivity index (χ4n) is 1.61. The number of amides is 1. The van der Waals surface area contributed by atoms with E-state index in [0.717, 1.165) is 11.3 Å². The SMILES string of the molecule is CCOc1ccc(/C=C/C(=O)NCCC(C)C(=O)O)cc1. The van der Waals surface area contributed by atoms with Crippen LogP contribution in [0.4, 0.5) is 0 Å². The number of aliphatic carboxylic acids is 1. The lowest BCUT2D eigenvalue weighted by Crippen LogP contribution is -2.25. The first kappa shape index (κ1) is 16.8. The number of carbonyl (C=O) groups is 2. The fraction of sp³-hybridized carbons (Fsp3) is 0.375. The number of hydrogen-bond donors (Lipinski definition) is 2. The summed E-state index contributed by atoms with van der Waals surface area (Å²) < 4.78 is 5.33. The normalized spacial score (nSPS) is 12.1. The number of benzene rings is 1. The minimum absolute atomic E-state index is 0.235. The van der Waals surface area contributed by atoms with Gasteiger partial charge < -0.3 is 15.2 Å². The minimum atomic E-state index is -0.853. The van der Waals surface area contributed by atoms with Crippen LogP contribution in [0.5, 0.6) is 5.75 Å². The maximum absolute atomic E-state index is 11.6. The third-order valence-electron chi connectivity index (χ3n) is 2.92. The summed E-state index contributed by atoms with van der Waals surface area (Å²) in [7, 11) is 0. The molecule has 0 bridgehead atoms. The van der Waals surface area contributed by atoms with Gasteiger partial charge in [0.25, 0.3) is 0 Å². The Morgan fingerprint density at radius 2 is 2.00 bits per heavy atom. The number of carboxylic acids is 1. The zero-order valence-electron chi connectivity index (χ0n) is 12.3. The number of carbonyl (C=O) groups excluding carboxylic acids is 1. The first-order chi connectivity index (χ1) is 10.0. The van der Waals surface area contributed by atoms with Gasteiger partial charge in [-0.25, -0.2) is 0 Å². The summed E-state index contributed by atoms with van der Waals surface area (Å²) in [4.78, 5) is 22.2. The van der Waals surface area contributed by atoms with Gasteiger partial charge in [0, 0.05) is 12.6 Å². The maximum Gasteiger partial charge on any atom is 0.306 e. The molecule has 0 aliphatic rings. The Morgan fingerprint density at radius 1 is 1.33 bits per heavy atom. The molecule has 0 radical (unpaired) electrons. The van der Waals surface area contributed by atoms with Gasteiger partial charge in [0.15, 0.2) is 0 Å². The molecule has 1 aromatic carbocycles. The summed E-state index contributed by atoms with van der Waals surface area (Å²) >= 11 is 0. The summed E-state index contributed by atoms with van der Waals surface area (Å²) in [5.41, 5.74) is 0.896. The van der Waals surface area contributed by atoms with E-state index in [0.29, 0.717) is 19.6 Å². The Labute approximate surface area is 124 Å². The maximum atomic E-state index is 11.6. The van der Waals surface area contributed by atoms with Gasteiger partial charge >= 0.3 is 5.97 Å². The van der Waals surface area contributed by atoms with Crippen molar-refractivity contribution in [2.45, 2.75) is 20.3 Å². The molecule has 21 heavy (non-hydrogen) atoms. The quantitative estimate of drug-likeness (QED) is 0.721. The van der Waals surface area contributed by atoms with Crippen LogP contribution in [-0.2, 0) is 9.59 Å². The highest BCUT2D eigenvalue weighted by atomic mass is 16.5. The lowest BCUT2D eigenvalue weighted by Gasteiger charge is -2.06. The van der Waals surface area contributed by atoms with Crippen molar-refractivity contribution in [3.05, 3.63) is 35.9 Å². The highest BCUT2D eigenvalue weighted by molar-refractivity contribution is 5.91. The van der Waals surface area contributed by atoms with Crippen LogP contribution in [0.25, 0.3) is 6.08 Å². The van der Waals surface area contributed by atoms with Crippen molar-refractivity contribution in [1.29, 1.82) is 0 Å². The molecule has 0 saturated heterocycles. The first-order valence-corrected chi connectivity index (χ1v) is 6.94. The van der Waals surface area contributed by atoms with E-state index in [9.17, 15) is 9.59 Å². The number of nitrogens with one attached hydrogen (secondary N) is 1. The molecule has 0 aliphatic carbocycles.